The second-order valence-corrected chi connectivity index (χ2v) is 9.20. The molecule has 2 saturated heterocycles. The normalized spacial score (nSPS) is 22.1. The fourth-order valence-electron chi connectivity index (χ4n) is 4.62. The third kappa shape index (κ3) is 3.50. The van der Waals surface area contributed by atoms with Crippen LogP contribution in [0, 0.1) is 0 Å². The number of nitrogens with zero attached hydrogens (tertiary/aromatic N) is 1. The van der Waals surface area contributed by atoms with Gasteiger partial charge in [-0.25, -0.2) is 4.79 Å². The maximum absolute atomic E-state index is 12.7. The van der Waals surface area contributed by atoms with Crippen LogP contribution in [-0.2, 0) is 19.7 Å². The first-order valence-electron chi connectivity index (χ1n) is 10.3. The Morgan fingerprint density at radius 2 is 1.89 bits per heavy atom. The van der Waals surface area contributed by atoms with Crippen molar-refractivity contribution in [3.05, 3.63) is 29.3 Å². The molecule has 1 aromatic carbocycles. The molecule has 6 heteroatoms. The quantitative estimate of drug-likeness (QED) is 0.797. The van der Waals surface area contributed by atoms with Gasteiger partial charge in [0.05, 0.1) is 5.41 Å². The maximum atomic E-state index is 12.7. The van der Waals surface area contributed by atoms with E-state index in [1.165, 1.54) is 5.56 Å². The van der Waals surface area contributed by atoms with Gasteiger partial charge >= 0.3 is 6.09 Å². The van der Waals surface area contributed by atoms with Gasteiger partial charge in [0.15, 0.2) is 0 Å². The van der Waals surface area contributed by atoms with E-state index in [0.29, 0.717) is 32.2 Å². The summed E-state index contributed by atoms with van der Waals surface area (Å²) in [6.07, 6.45) is 3.08. The molecule has 0 radical (unpaired) electrons. The monoisotopic (exact) mass is 386 g/mol. The zero-order valence-electron chi connectivity index (χ0n) is 17.0. The number of anilines is 1. The molecule has 0 saturated carbocycles. The van der Waals surface area contributed by atoms with Gasteiger partial charge in [0.2, 0.25) is 5.91 Å². The van der Waals surface area contributed by atoms with Crippen molar-refractivity contribution in [1.29, 1.82) is 0 Å². The van der Waals surface area contributed by atoms with Gasteiger partial charge < -0.3 is 19.7 Å². The average Bonchev–Trinajstić information content (AvgIpc) is 2.92. The van der Waals surface area contributed by atoms with Crippen molar-refractivity contribution in [2.24, 2.45) is 0 Å². The predicted octanol–water partition coefficient (Wildman–Crippen LogP) is 3.80. The minimum atomic E-state index is -0.467. The van der Waals surface area contributed by atoms with Crippen molar-refractivity contribution >= 4 is 17.7 Å². The molecule has 1 aromatic rings. The second-order valence-electron chi connectivity index (χ2n) is 9.20. The van der Waals surface area contributed by atoms with Gasteiger partial charge in [-0.1, -0.05) is 12.1 Å². The minimum Gasteiger partial charge on any atom is -0.444 e. The first-order chi connectivity index (χ1) is 13.3. The number of hydrogen-bond donors (Lipinski definition) is 1. The van der Waals surface area contributed by atoms with Crippen LogP contribution >= 0.6 is 0 Å². The molecule has 152 valence electrons. The number of ether oxygens (including phenoxy) is 2. The predicted molar refractivity (Wildman–Crippen MR) is 107 cm³/mol. The average molecular weight is 386 g/mol. The van der Waals surface area contributed by atoms with Crippen LogP contribution in [0.4, 0.5) is 10.5 Å². The molecule has 2 fully saturated rings. The summed E-state index contributed by atoms with van der Waals surface area (Å²) in [5, 5.41) is 3.07. The SMILES string of the molecule is CC(C)(C)OC(=O)N1CCC(c2ccc3c(c2)C2(CCOCC2)C(=O)N3)CC1. The maximum Gasteiger partial charge on any atom is 0.410 e. The molecule has 4 rings (SSSR count). The highest BCUT2D eigenvalue weighted by Crippen LogP contribution is 2.46. The molecule has 3 heterocycles. The highest BCUT2D eigenvalue weighted by molar-refractivity contribution is 6.06. The van der Waals surface area contributed by atoms with Crippen LogP contribution in [0.15, 0.2) is 18.2 Å². The molecule has 6 nitrogen and oxygen atoms in total. The third-order valence-electron chi connectivity index (χ3n) is 6.21. The lowest BCUT2D eigenvalue weighted by atomic mass is 9.74. The number of rotatable bonds is 1. The second kappa shape index (κ2) is 7.07. The van der Waals surface area contributed by atoms with Gasteiger partial charge in [-0.2, -0.15) is 0 Å². The molecule has 0 bridgehead atoms. The van der Waals surface area contributed by atoms with E-state index in [4.69, 9.17) is 9.47 Å². The van der Waals surface area contributed by atoms with E-state index in [0.717, 1.165) is 36.9 Å². The Morgan fingerprint density at radius 3 is 2.54 bits per heavy atom. The van der Waals surface area contributed by atoms with Crippen LogP contribution in [0.5, 0.6) is 0 Å². The highest BCUT2D eigenvalue weighted by atomic mass is 16.6. The summed E-state index contributed by atoms with van der Waals surface area (Å²) in [5.41, 5.74) is 2.45. The van der Waals surface area contributed by atoms with Crippen LogP contribution in [0.1, 0.15) is 63.5 Å². The van der Waals surface area contributed by atoms with Crippen molar-refractivity contribution in [3.8, 4) is 0 Å². The fraction of sp³-hybridized carbons (Fsp3) is 0.636. The Kier molecular flexibility index (Phi) is 4.86. The number of amides is 2. The number of benzene rings is 1. The number of piperidine rings is 1. The molecular weight excluding hydrogens is 356 g/mol. The fourth-order valence-corrected chi connectivity index (χ4v) is 4.62. The summed E-state index contributed by atoms with van der Waals surface area (Å²) >= 11 is 0. The summed E-state index contributed by atoms with van der Waals surface area (Å²) in [6.45, 7) is 8.34. The van der Waals surface area contributed by atoms with E-state index in [9.17, 15) is 9.59 Å². The third-order valence-corrected chi connectivity index (χ3v) is 6.21. The van der Waals surface area contributed by atoms with Gasteiger partial charge in [0, 0.05) is 32.0 Å². The van der Waals surface area contributed by atoms with Gasteiger partial charge in [-0.3, -0.25) is 4.79 Å². The molecule has 2 amide bonds. The van der Waals surface area contributed by atoms with Crippen LogP contribution in [0.3, 0.4) is 0 Å². The van der Waals surface area contributed by atoms with Crippen LogP contribution in [-0.4, -0.2) is 48.8 Å². The lowest BCUT2D eigenvalue weighted by Gasteiger charge is -2.34. The molecule has 0 atom stereocenters. The molecule has 1 spiro atoms. The van der Waals surface area contributed by atoms with Crippen LogP contribution in [0.25, 0.3) is 0 Å². The standard InChI is InChI=1S/C22H30N2O4/c1-21(2,3)28-20(26)24-10-6-15(7-11-24)16-4-5-18-17(14-16)22(19(25)23-18)8-12-27-13-9-22/h4-5,14-15H,6-13H2,1-3H3,(H,23,25). The first kappa shape index (κ1) is 19.2. The Morgan fingerprint density at radius 1 is 1.21 bits per heavy atom. The topological polar surface area (TPSA) is 67.9 Å². The van der Waals surface area contributed by atoms with E-state index < -0.39 is 11.0 Å². The lowest BCUT2D eigenvalue weighted by Crippen LogP contribution is -2.41. The Balaban J connectivity index is 1.47. The van der Waals surface area contributed by atoms with Gasteiger partial charge in [-0.15, -0.1) is 0 Å². The largest absolute Gasteiger partial charge is 0.444 e. The molecule has 1 N–H and O–H groups in total. The molecule has 28 heavy (non-hydrogen) atoms. The Labute approximate surface area is 166 Å². The number of nitrogens with one attached hydrogen (secondary N) is 1. The van der Waals surface area contributed by atoms with E-state index in [1.54, 1.807) is 4.90 Å². The molecular formula is C22H30N2O4. The first-order valence-corrected chi connectivity index (χ1v) is 10.3. The number of likely N-dealkylation sites (tertiary alicyclic amines) is 1. The number of fused-ring (bicyclic) bond motifs is 2. The summed E-state index contributed by atoms with van der Waals surface area (Å²) in [7, 11) is 0. The van der Waals surface area contributed by atoms with E-state index >= 15 is 0 Å². The van der Waals surface area contributed by atoms with Crippen LogP contribution in [0.2, 0.25) is 0 Å². The van der Waals surface area contributed by atoms with E-state index in [1.807, 2.05) is 26.8 Å². The zero-order chi connectivity index (χ0) is 19.9. The van der Waals surface area contributed by atoms with Crippen molar-refractivity contribution < 1.29 is 19.1 Å². The van der Waals surface area contributed by atoms with Gasteiger partial charge in [0.25, 0.3) is 0 Å². The van der Waals surface area contributed by atoms with Crippen molar-refractivity contribution in [1.82, 2.24) is 4.90 Å². The molecule has 0 aliphatic carbocycles. The van der Waals surface area contributed by atoms with Crippen LogP contribution < -0.4 is 5.32 Å². The van der Waals surface area contributed by atoms with Crippen molar-refractivity contribution in [3.63, 3.8) is 0 Å². The molecule has 3 aliphatic heterocycles. The smallest absolute Gasteiger partial charge is 0.410 e. The van der Waals surface area contributed by atoms with Gasteiger partial charge in [0.1, 0.15) is 5.60 Å². The number of hydrogen-bond acceptors (Lipinski definition) is 4. The zero-order valence-corrected chi connectivity index (χ0v) is 17.0. The summed E-state index contributed by atoms with van der Waals surface area (Å²) < 4.78 is 11.0. The lowest BCUT2D eigenvalue weighted by molar-refractivity contribution is -0.124. The molecule has 0 aromatic heterocycles. The Bertz CT molecular complexity index is 769. The van der Waals surface area contributed by atoms with Gasteiger partial charge in [-0.05, 0) is 69.6 Å². The summed E-state index contributed by atoms with van der Waals surface area (Å²) in [6, 6.07) is 6.41. The number of carbonyl (C=O) groups is 2. The highest BCUT2D eigenvalue weighted by Gasteiger charge is 2.47. The number of carbonyl (C=O) groups excluding carboxylic acids is 2. The minimum absolute atomic E-state index is 0.114. The van der Waals surface area contributed by atoms with Crippen molar-refractivity contribution in [2.75, 3.05) is 31.6 Å². The van der Waals surface area contributed by atoms with Crippen molar-refractivity contribution in [2.45, 2.75) is 63.4 Å². The molecule has 3 aliphatic rings. The van der Waals surface area contributed by atoms with E-state index in [-0.39, 0.29) is 12.0 Å². The van der Waals surface area contributed by atoms with E-state index in [2.05, 4.69) is 17.4 Å². The molecule has 0 unspecified atom stereocenters. The summed E-state index contributed by atoms with van der Waals surface area (Å²) in [5.74, 6) is 0.513. The summed E-state index contributed by atoms with van der Waals surface area (Å²) in [4.78, 5) is 26.8. The Hall–Kier alpha value is -2.08.